The van der Waals surface area contributed by atoms with Crippen molar-refractivity contribution in [2.45, 2.75) is 25.9 Å². The van der Waals surface area contributed by atoms with E-state index >= 15 is 0 Å². The molecule has 2 rings (SSSR count). The summed E-state index contributed by atoms with van der Waals surface area (Å²) in [4.78, 5) is 6.60. The Morgan fingerprint density at radius 3 is 2.74 bits per heavy atom. The zero-order chi connectivity index (χ0) is 19.7. The van der Waals surface area contributed by atoms with Gasteiger partial charge in [-0.3, -0.25) is 9.89 Å². The Morgan fingerprint density at radius 2 is 2.04 bits per heavy atom. The molecule has 0 aromatic heterocycles. The maximum Gasteiger partial charge on any atom is 0.191 e. The van der Waals surface area contributed by atoms with E-state index in [-0.39, 0.29) is 6.54 Å². The topological polar surface area (TPSA) is 69.1 Å². The number of β-amino-alcohol motifs (C(OH)–C–C–N with tert-alkyl or cyclic N) is 1. The van der Waals surface area contributed by atoms with Crippen LogP contribution in [0.2, 0.25) is 0 Å². The Hall–Kier alpha value is -1.77. The highest BCUT2D eigenvalue weighted by Gasteiger charge is 2.25. The molecule has 0 spiro atoms. The number of halogens is 2. The van der Waals surface area contributed by atoms with Crippen molar-refractivity contribution in [1.82, 2.24) is 15.5 Å². The van der Waals surface area contributed by atoms with Crippen LogP contribution in [0.15, 0.2) is 23.2 Å². The Kier molecular flexibility index (Phi) is 8.40. The van der Waals surface area contributed by atoms with Gasteiger partial charge in [0.2, 0.25) is 0 Å². The molecule has 27 heavy (non-hydrogen) atoms. The van der Waals surface area contributed by atoms with Crippen LogP contribution in [-0.4, -0.2) is 74.0 Å². The Balaban J connectivity index is 1.85. The van der Waals surface area contributed by atoms with Gasteiger partial charge in [-0.2, -0.15) is 0 Å². The second-order valence-corrected chi connectivity index (χ2v) is 6.99. The first kappa shape index (κ1) is 21.5. The van der Waals surface area contributed by atoms with Crippen LogP contribution in [0.25, 0.3) is 0 Å². The zero-order valence-electron chi connectivity index (χ0n) is 16.1. The number of morpholine rings is 1. The van der Waals surface area contributed by atoms with Gasteiger partial charge >= 0.3 is 0 Å². The molecule has 1 aliphatic rings. The van der Waals surface area contributed by atoms with Gasteiger partial charge in [-0.1, -0.05) is 0 Å². The summed E-state index contributed by atoms with van der Waals surface area (Å²) in [5.74, 6) is -0.337. The molecule has 1 atom stereocenters. The second-order valence-electron chi connectivity index (χ2n) is 6.99. The molecule has 0 radical (unpaired) electrons. The lowest BCUT2D eigenvalue weighted by atomic mass is 10.1. The predicted octanol–water partition coefficient (Wildman–Crippen LogP) is 1.15. The van der Waals surface area contributed by atoms with E-state index in [9.17, 15) is 13.9 Å². The highest BCUT2D eigenvalue weighted by atomic mass is 19.1. The van der Waals surface area contributed by atoms with Crippen molar-refractivity contribution in [3.05, 3.63) is 35.4 Å². The van der Waals surface area contributed by atoms with Crippen LogP contribution in [0.3, 0.4) is 0 Å². The van der Waals surface area contributed by atoms with E-state index in [0.29, 0.717) is 50.8 Å². The molecule has 3 N–H and O–H groups in total. The van der Waals surface area contributed by atoms with Gasteiger partial charge in [-0.05, 0) is 44.0 Å². The number of benzene rings is 1. The summed E-state index contributed by atoms with van der Waals surface area (Å²) in [6.45, 7) is 8.48. The summed E-state index contributed by atoms with van der Waals surface area (Å²) in [5.41, 5.74) is -0.647. The third-order valence-corrected chi connectivity index (χ3v) is 4.28. The normalized spacial score (nSPS) is 18.2. The Morgan fingerprint density at radius 1 is 1.30 bits per heavy atom. The highest BCUT2D eigenvalue weighted by Crippen LogP contribution is 2.10. The third kappa shape index (κ3) is 7.78. The smallest absolute Gasteiger partial charge is 0.191 e. The summed E-state index contributed by atoms with van der Waals surface area (Å²) in [6.07, 6.45) is 0.332. The average Bonchev–Trinajstić information content (AvgIpc) is 2.63. The maximum absolute atomic E-state index is 13.7. The van der Waals surface area contributed by atoms with Crippen molar-refractivity contribution >= 4 is 5.96 Å². The van der Waals surface area contributed by atoms with Crippen molar-refractivity contribution < 1.29 is 18.6 Å². The van der Waals surface area contributed by atoms with E-state index in [1.807, 2.05) is 6.92 Å². The van der Waals surface area contributed by atoms with E-state index in [4.69, 9.17) is 4.74 Å². The van der Waals surface area contributed by atoms with Crippen LogP contribution >= 0.6 is 0 Å². The van der Waals surface area contributed by atoms with Crippen molar-refractivity contribution in [2.24, 2.45) is 4.99 Å². The van der Waals surface area contributed by atoms with E-state index < -0.39 is 17.2 Å². The van der Waals surface area contributed by atoms with Crippen LogP contribution in [0.4, 0.5) is 8.78 Å². The van der Waals surface area contributed by atoms with Gasteiger partial charge in [0.15, 0.2) is 5.96 Å². The van der Waals surface area contributed by atoms with E-state index in [0.717, 1.165) is 25.2 Å². The van der Waals surface area contributed by atoms with Crippen LogP contribution in [0.5, 0.6) is 0 Å². The molecule has 1 aromatic rings. The SMILES string of the molecule is CCNC(=NCC(C)(O)CN1CCOCC1)NCCc1cc(F)ccc1F. The third-order valence-electron chi connectivity index (χ3n) is 4.28. The molecule has 1 unspecified atom stereocenters. The summed E-state index contributed by atoms with van der Waals surface area (Å²) >= 11 is 0. The monoisotopic (exact) mass is 384 g/mol. The number of nitrogens with zero attached hydrogens (tertiary/aromatic N) is 2. The van der Waals surface area contributed by atoms with Gasteiger partial charge in [0, 0.05) is 32.7 Å². The highest BCUT2D eigenvalue weighted by molar-refractivity contribution is 5.79. The van der Waals surface area contributed by atoms with Crippen molar-refractivity contribution in [1.29, 1.82) is 0 Å². The van der Waals surface area contributed by atoms with Gasteiger partial charge < -0.3 is 20.5 Å². The number of rotatable bonds is 8. The van der Waals surface area contributed by atoms with Crippen molar-refractivity contribution in [3.63, 3.8) is 0 Å². The minimum absolute atomic E-state index is 0.230. The second kappa shape index (κ2) is 10.5. The molecule has 0 amide bonds. The minimum Gasteiger partial charge on any atom is -0.387 e. The molecule has 0 aliphatic carbocycles. The molecule has 152 valence electrons. The molecular formula is C19H30F2N4O2. The average molecular weight is 384 g/mol. The molecule has 8 heteroatoms. The number of aliphatic hydroxyl groups is 1. The first-order chi connectivity index (χ1) is 12.9. The lowest BCUT2D eigenvalue weighted by Gasteiger charge is -2.33. The summed E-state index contributed by atoms with van der Waals surface area (Å²) in [6, 6.07) is 3.44. The van der Waals surface area contributed by atoms with E-state index in [1.165, 1.54) is 6.07 Å². The number of guanidine groups is 1. The first-order valence-electron chi connectivity index (χ1n) is 9.38. The summed E-state index contributed by atoms with van der Waals surface area (Å²) in [5, 5.41) is 16.8. The molecule has 1 heterocycles. The fourth-order valence-electron chi connectivity index (χ4n) is 2.93. The van der Waals surface area contributed by atoms with Crippen LogP contribution in [0.1, 0.15) is 19.4 Å². The molecule has 1 aromatic carbocycles. The van der Waals surface area contributed by atoms with Gasteiger partial charge in [0.05, 0.1) is 25.4 Å². The van der Waals surface area contributed by atoms with Crippen LogP contribution < -0.4 is 10.6 Å². The number of hydrogen-bond donors (Lipinski definition) is 3. The number of ether oxygens (including phenoxy) is 1. The minimum atomic E-state index is -0.964. The van der Waals surface area contributed by atoms with Gasteiger partial charge in [0.25, 0.3) is 0 Å². The summed E-state index contributed by atoms with van der Waals surface area (Å²) in [7, 11) is 0. The molecule has 0 bridgehead atoms. The zero-order valence-corrected chi connectivity index (χ0v) is 16.1. The Labute approximate surface area is 159 Å². The molecule has 1 aliphatic heterocycles. The fraction of sp³-hybridized carbons (Fsp3) is 0.632. The largest absolute Gasteiger partial charge is 0.387 e. The van der Waals surface area contributed by atoms with Crippen molar-refractivity contribution in [2.75, 3.05) is 52.5 Å². The number of aliphatic imine (C=N–C) groups is 1. The van der Waals surface area contributed by atoms with E-state index in [1.54, 1.807) is 6.92 Å². The molecule has 1 saturated heterocycles. The number of hydrogen-bond acceptors (Lipinski definition) is 4. The molecule has 0 saturated carbocycles. The van der Waals surface area contributed by atoms with Gasteiger partial charge in [-0.15, -0.1) is 0 Å². The molecular weight excluding hydrogens is 354 g/mol. The lowest BCUT2D eigenvalue weighted by Crippen LogP contribution is -2.48. The predicted molar refractivity (Wildman–Crippen MR) is 102 cm³/mol. The Bertz CT molecular complexity index is 620. The maximum atomic E-state index is 13.7. The lowest BCUT2D eigenvalue weighted by molar-refractivity contribution is -0.0179. The standard InChI is InChI=1S/C19H30F2N4O2/c1-3-22-18(23-7-6-15-12-16(20)4-5-17(15)21)24-13-19(2,26)14-25-8-10-27-11-9-25/h4-5,12,26H,3,6-11,13-14H2,1-2H3,(H2,22,23,24). The molecule has 6 nitrogen and oxygen atoms in total. The van der Waals surface area contributed by atoms with Crippen LogP contribution in [0, 0.1) is 11.6 Å². The van der Waals surface area contributed by atoms with Gasteiger partial charge in [-0.25, -0.2) is 8.78 Å². The van der Waals surface area contributed by atoms with E-state index in [2.05, 4.69) is 20.5 Å². The fourth-order valence-corrected chi connectivity index (χ4v) is 2.93. The quantitative estimate of drug-likeness (QED) is 0.463. The molecule has 1 fully saturated rings. The van der Waals surface area contributed by atoms with Crippen LogP contribution in [-0.2, 0) is 11.2 Å². The first-order valence-corrected chi connectivity index (χ1v) is 9.38. The summed E-state index contributed by atoms with van der Waals surface area (Å²) < 4.78 is 32.2. The number of nitrogens with one attached hydrogen (secondary N) is 2. The van der Waals surface area contributed by atoms with Gasteiger partial charge in [0.1, 0.15) is 11.6 Å². The van der Waals surface area contributed by atoms with Crippen molar-refractivity contribution in [3.8, 4) is 0 Å².